The number of hydrogen-bond donors (Lipinski definition) is 5. The van der Waals surface area contributed by atoms with Gasteiger partial charge in [0, 0.05) is 5.54 Å². The Morgan fingerprint density at radius 2 is 1.75 bits per heavy atom. The minimum atomic E-state index is 0.0850. The van der Waals surface area contributed by atoms with Gasteiger partial charge in [0.25, 0.3) is 0 Å². The van der Waals surface area contributed by atoms with Gasteiger partial charge in [-0.25, -0.2) is 0 Å². The first-order valence-corrected chi connectivity index (χ1v) is 7.05. The third-order valence-corrected chi connectivity index (χ3v) is 2.93. The van der Waals surface area contributed by atoms with Crippen LogP contribution in [-0.4, -0.2) is 36.4 Å². The first-order valence-electron chi connectivity index (χ1n) is 5.76. The summed E-state index contributed by atoms with van der Waals surface area (Å²) in [5, 5.41) is 17.1. The Labute approximate surface area is 103 Å². The van der Waals surface area contributed by atoms with E-state index in [0.717, 1.165) is 6.54 Å². The fourth-order valence-corrected chi connectivity index (χ4v) is 2.13. The average molecular weight is 247 g/mol. The molecule has 3 unspecified atom stereocenters. The van der Waals surface area contributed by atoms with Gasteiger partial charge in [0.2, 0.25) is 0 Å². The van der Waals surface area contributed by atoms with Gasteiger partial charge in [0.15, 0.2) is 0 Å². The topological polar surface area (TPSA) is 60.1 Å². The van der Waals surface area contributed by atoms with Crippen LogP contribution in [0.25, 0.3) is 0 Å². The van der Waals surface area contributed by atoms with Crippen molar-refractivity contribution in [1.82, 2.24) is 26.6 Å². The zero-order chi connectivity index (χ0) is 12.2. The van der Waals surface area contributed by atoms with Gasteiger partial charge in [-0.15, -0.1) is 11.8 Å². The maximum atomic E-state index is 3.50. The molecule has 0 radical (unpaired) electrons. The van der Waals surface area contributed by atoms with Crippen molar-refractivity contribution in [3.63, 3.8) is 0 Å². The molecule has 3 atom stereocenters. The molecule has 5 N–H and O–H groups in total. The second kappa shape index (κ2) is 6.18. The normalized spacial score (nSPS) is 31.7. The Morgan fingerprint density at radius 1 is 1.12 bits per heavy atom. The summed E-state index contributed by atoms with van der Waals surface area (Å²) >= 11 is 1.76. The lowest BCUT2D eigenvalue weighted by atomic mass is 10.1. The third-order valence-electron chi connectivity index (χ3n) is 2.19. The Balaban J connectivity index is 2.50. The summed E-state index contributed by atoms with van der Waals surface area (Å²) < 4.78 is 0. The van der Waals surface area contributed by atoms with E-state index < -0.39 is 0 Å². The molecule has 1 aliphatic heterocycles. The summed E-state index contributed by atoms with van der Waals surface area (Å²) in [4.78, 5) is 0. The van der Waals surface area contributed by atoms with Crippen LogP contribution in [0.1, 0.15) is 27.7 Å². The highest BCUT2D eigenvalue weighted by atomic mass is 32.2. The molecule has 16 heavy (non-hydrogen) atoms. The van der Waals surface area contributed by atoms with Gasteiger partial charge in [-0.3, -0.25) is 26.6 Å². The van der Waals surface area contributed by atoms with E-state index >= 15 is 0 Å². The molecule has 1 rings (SSSR count). The lowest BCUT2D eigenvalue weighted by molar-refractivity contribution is 0.163. The van der Waals surface area contributed by atoms with Crippen molar-refractivity contribution in [2.24, 2.45) is 0 Å². The van der Waals surface area contributed by atoms with Crippen LogP contribution in [0.15, 0.2) is 0 Å². The van der Waals surface area contributed by atoms with E-state index in [2.05, 4.69) is 60.5 Å². The minimum absolute atomic E-state index is 0.0850. The molecule has 0 aliphatic carbocycles. The molecule has 96 valence electrons. The van der Waals surface area contributed by atoms with Crippen molar-refractivity contribution in [1.29, 1.82) is 0 Å². The summed E-state index contributed by atoms with van der Waals surface area (Å²) in [7, 11) is 0. The van der Waals surface area contributed by atoms with E-state index in [-0.39, 0.29) is 23.6 Å². The van der Waals surface area contributed by atoms with Gasteiger partial charge in [-0.05, 0) is 33.6 Å². The predicted octanol–water partition coefficient (Wildman–Crippen LogP) is -0.0198. The number of nitrogens with one attached hydrogen (secondary N) is 5. The predicted molar refractivity (Wildman–Crippen MR) is 70.9 cm³/mol. The van der Waals surface area contributed by atoms with Crippen molar-refractivity contribution >= 4 is 11.8 Å². The monoisotopic (exact) mass is 247 g/mol. The zero-order valence-corrected chi connectivity index (χ0v) is 11.7. The maximum absolute atomic E-state index is 3.50. The minimum Gasteiger partial charge on any atom is -0.290 e. The van der Waals surface area contributed by atoms with Crippen LogP contribution in [0.5, 0.6) is 0 Å². The van der Waals surface area contributed by atoms with Gasteiger partial charge in [0.1, 0.15) is 18.1 Å². The Morgan fingerprint density at radius 3 is 2.25 bits per heavy atom. The fraction of sp³-hybridized carbons (Fsp3) is 1.00. The Kier molecular flexibility index (Phi) is 5.49. The molecule has 0 bridgehead atoms. The SMILES string of the molecule is CCNC1NC(NC(C)(C)C)NC(SC)N1. The standard InChI is InChI=1S/C10H25N5S/c1-6-11-7-12-8(15-10(2,3)4)14-9(13-7)16-5/h7-9,11-15H,6H2,1-5H3. The molecule has 0 aromatic heterocycles. The Hall–Kier alpha value is 0.150. The molecule has 5 nitrogen and oxygen atoms in total. The molecule has 6 heteroatoms. The fourth-order valence-electron chi connectivity index (χ4n) is 1.59. The smallest absolute Gasteiger partial charge is 0.116 e. The van der Waals surface area contributed by atoms with E-state index in [0.29, 0.717) is 0 Å². The van der Waals surface area contributed by atoms with Gasteiger partial charge < -0.3 is 0 Å². The number of thioether (sulfide) groups is 1. The van der Waals surface area contributed by atoms with E-state index in [1.165, 1.54) is 0 Å². The first kappa shape index (κ1) is 14.2. The van der Waals surface area contributed by atoms with Crippen LogP contribution in [-0.2, 0) is 0 Å². The van der Waals surface area contributed by atoms with Crippen molar-refractivity contribution in [3.05, 3.63) is 0 Å². The average Bonchev–Trinajstić information content (AvgIpc) is 2.15. The van der Waals surface area contributed by atoms with Crippen molar-refractivity contribution in [3.8, 4) is 0 Å². The molecular formula is C10H25N5S. The lowest BCUT2D eigenvalue weighted by Gasteiger charge is -2.41. The quantitative estimate of drug-likeness (QED) is 0.481. The summed E-state index contributed by atoms with van der Waals surface area (Å²) in [5.74, 6) is 0. The van der Waals surface area contributed by atoms with Gasteiger partial charge in [-0.2, -0.15) is 0 Å². The van der Waals surface area contributed by atoms with E-state index in [1.807, 2.05) is 0 Å². The second-order valence-electron chi connectivity index (χ2n) is 4.93. The molecule has 0 amide bonds. The summed E-state index contributed by atoms with van der Waals surface area (Å²) in [6.45, 7) is 9.53. The zero-order valence-electron chi connectivity index (χ0n) is 10.8. The molecule has 1 aliphatic rings. The van der Waals surface area contributed by atoms with Crippen LogP contribution in [0, 0.1) is 0 Å². The molecule has 0 spiro atoms. The van der Waals surface area contributed by atoms with E-state index in [9.17, 15) is 0 Å². The summed E-state index contributed by atoms with van der Waals surface area (Å²) in [6.07, 6.45) is 2.35. The van der Waals surface area contributed by atoms with Crippen molar-refractivity contribution in [2.75, 3.05) is 12.8 Å². The van der Waals surface area contributed by atoms with Crippen LogP contribution >= 0.6 is 11.8 Å². The number of rotatable bonds is 4. The summed E-state index contributed by atoms with van der Waals surface area (Å²) in [5.41, 5.74) is 0.340. The molecule has 0 aromatic rings. The first-order chi connectivity index (χ1) is 7.44. The van der Waals surface area contributed by atoms with Gasteiger partial charge >= 0.3 is 0 Å². The molecular weight excluding hydrogens is 222 g/mol. The molecule has 1 saturated heterocycles. The van der Waals surface area contributed by atoms with E-state index in [4.69, 9.17) is 0 Å². The van der Waals surface area contributed by atoms with Gasteiger partial charge in [-0.1, -0.05) is 6.92 Å². The highest BCUT2D eigenvalue weighted by Gasteiger charge is 2.27. The molecule has 1 fully saturated rings. The highest BCUT2D eigenvalue weighted by Crippen LogP contribution is 2.06. The van der Waals surface area contributed by atoms with Crippen molar-refractivity contribution < 1.29 is 0 Å². The van der Waals surface area contributed by atoms with Crippen LogP contribution in [0.4, 0.5) is 0 Å². The third kappa shape index (κ3) is 4.99. The largest absolute Gasteiger partial charge is 0.290 e. The van der Waals surface area contributed by atoms with Crippen LogP contribution in [0.2, 0.25) is 0 Å². The Bertz CT molecular complexity index is 206. The van der Waals surface area contributed by atoms with Crippen LogP contribution in [0.3, 0.4) is 0 Å². The molecule has 0 aromatic carbocycles. The molecule has 0 saturated carbocycles. The second-order valence-corrected chi connectivity index (χ2v) is 5.88. The summed E-state index contributed by atoms with van der Waals surface area (Å²) in [6, 6.07) is 0. The molecule has 1 heterocycles. The van der Waals surface area contributed by atoms with Crippen LogP contribution < -0.4 is 26.6 Å². The number of hydrogen-bond acceptors (Lipinski definition) is 6. The van der Waals surface area contributed by atoms with Crippen molar-refractivity contribution in [2.45, 2.75) is 51.3 Å². The van der Waals surface area contributed by atoms with Gasteiger partial charge in [0.05, 0.1) is 0 Å². The maximum Gasteiger partial charge on any atom is 0.116 e. The lowest BCUT2D eigenvalue weighted by Crippen LogP contribution is -2.75. The highest BCUT2D eigenvalue weighted by molar-refractivity contribution is 7.99. The van der Waals surface area contributed by atoms with E-state index in [1.54, 1.807) is 11.8 Å².